The molecule has 0 unspecified atom stereocenters. The van der Waals surface area contributed by atoms with Crippen LogP contribution in [0.5, 0.6) is 5.75 Å². The maximum absolute atomic E-state index is 12.1. The van der Waals surface area contributed by atoms with Crippen LogP contribution in [0.3, 0.4) is 0 Å². The van der Waals surface area contributed by atoms with Gasteiger partial charge in [0, 0.05) is 0 Å². The molecule has 120 valence electrons. The Morgan fingerprint density at radius 2 is 2.00 bits per heavy atom. The molecule has 0 aliphatic rings. The van der Waals surface area contributed by atoms with Gasteiger partial charge >= 0.3 is 0 Å². The lowest BCUT2D eigenvalue weighted by molar-refractivity contribution is 0.105. The summed E-state index contributed by atoms with van der Waals surface area (Å²) in [4.78, 5) is 16.9. The molecular weight excluding hydrogens is 318 g/mol. The minimum atomic E-state index is -0.0226. The lowest BCUT2D eigenvalue weighted by Gasteiger charge is -2.06. The number of ether oxygens (including phenoxy) is 1. The van der Waals surface area contributed by atoms with Crippen LogP contribution < -0.4 is 4.74 Å². The highest BCUT2D eigenvalue weighted by molar-refractivity contribution is 7.12. The van der Waals surface area contributed by atoms with Crippen molar-refractivity contribution in [2.45, 2.75) is 13.5 Å². The molecule has 4 heteroatoms. The van der Waals surface area contributed by atoms with Gasteiger partial charge in [-0.05, 0) is 36.3 Å². The van der Waals surface area contributed by atoms with Gasteiger partial charge in [-0.1, -0.05) is 48.5 Å². The largest absolute Gasteiger partial charge is 0.489 e. The van der Waals surface area contributed by atoms with E-state index in [4.69, 9.17) is 4.74 Å². The highest BCUT2D eigenvalue weighted by Crippen LogP contribution is 2.18. The number of hydrogen-bond acceptors (Lipinski definition) is 4. The Morgan fingerprint density at radius 1 is 1.17 bits per heavy atom. The number of aromatic nitrogens is 1. The molecule has 0 bridgehead atoms. The third-order valence-electron chi connectivity index (χ3n) is 3.50. The zero-order valence-electron chi connectivity index (χ0n) is 13.3. The summed E-state index contributed by atoms with van der Waals surface area (Å²) in [6, 6.07) is 17.7. The average molecular weight is 335 g/mol. The lowest BCUT2D eigenvalue weighted by atomic mass is 10.1. The van der Waals surface area contributed by atoms with Crippen molar-refractivity contribution < 1.29 is 9.53 Å². The van der Waals surface area contributed by atoms with Crippen molar-refractivity contribution in [1.29, 1.82) is 0 Å². The molecular formula is C20H17NO2S. The summed E-state index contributed by atoms with van der Waals surface area (Å²) in [5.74, 6) is 0.757. The second-order valence-electron chi connectivity index (χ2n) is 5.31. The van der Waals surface area contributed by atoms with Gasteiger partial charge in [0.2, 0.25) is 0 Å². The minimum Gasteiger partial charge on any atom is -0.489 e. The number of hydrogen-bond donors (Lipinski definition) is 0. The zero-order chi connectivity index (χ0) is 16.8. The lowest BCUT2D eigenvalue weighted by Crippen LogP contribution is -1.95. The van der Waals surface area contributed by atoms with Gasteiger partial charge in [0.05, 0.1) is 16.1 Å². The van der Waals surface area contributed by atoms with Gasteiger partial charge in [-0.25, -0.2) is 4.98 Å². The van der Waals surface area contributed by atoms with Crippen LogP contribution >= 0.6 is 11.3 Å². The fraction of sp³-hybridized carbons (Fsp3) is 0.100. The van der Waals surface area contributed by atoms with E-state index in [9.17, 15) is 4.79 Å². The molecule has 0 saturated heterocycles. The van der Waals surface area contributed by atoms with Gasteiger partial charge in [0.15, 0.2) is 5.78 Å². The Bertz CT molecular complexity index is 853. The standard InChI is InChI=1S/C20H17NO2S/c1-15-20(24-14-21-15)19(22)11-10-16-8-5-9-18(12-16)23-13-17-6-3-2-4-7-17/h2-12,14H,13H2,1H3/b11-10+. The maximum atomic E-state index is 12.1. The number of benzene rings is 2. The Kier molecular flexibility index (Phi) is 5.18. The molecule has 24 heavy (non-hydrogen) atoms. The summed E-state index contributed by atoms with van der Waals surface area (Å²) in [6.07, 6.45) is 3.38. The van der Waals surface area contributed by atoms with Crippen molar-refractivity contribution in [2.75, 3.05) is 0 Å². The van der Waals surface area contributed by atoms with Crippen LogP contribution in [0.25, 0.3) is 6.08 Å². The van der Waals surface area contributed by atoms with Crippen molar-refractivity contribution in [2.24, 2.45) is 0 Å². The zero-order valence-corrected chi connectivity index (χ0v) is 14.1. The first-order valence-electron chi connectivity index (χ1n) is 7.61. The van der Waals surface area contributed by atoms with E-state index in [2.05, 4.69) is 4.98 Å². The van der Waals surface area contributed by atoms with Crippen molar-refractivity contribution in [1.82, 2.24) is 4.98 Å². The first kappa shape index (κ1) is 16.1. The Hall–Kier alpha value is -2.72. The molecule has 1 heterocycles. The number of aryl methyl sites for hydroxylation is 1. The fourth-order valence-corrected chi connectivity index (χ4v) is 2.96. The van der Waals surface area contributed by atoms with Crippen molar-refractivity contribution in [3.05, 3.63) is 87.9 Å². The molecule has 3 aromatic rings. The second-order valence-corrected chi connectivity index (χ2v) is 6.17. The van der Waals surface area contributed by atoms with Crippen LogP contribution in [0, 0.1) is 6.92 Å². The van der Waals surface area contributed by atoms with E-state index in [0.29, 0.717) is 11.5 Å². The van der Waals surface area contributed by atoms with E-state index in [1.165, 1.54) is 11.3 Å². The summed E-state index contributed by atoms with van der Waals surface area (Å²) in [5.41, 5.74) is 4.51. The molecule has 2 aromatic carbocycles. The number of carbonyl (C=O) groups is 1. The molecule has 3 nitrogen and oxygen atoms in total. The maximum Gasteiger partial charge on any atom is 0.197 e. The van der Waals surface area contributed by atoms with Crippen LogP contribution in [0.2, 0.25) is 0 Å². The van der Waals surface area contributed by atoms with Crippen molar-refractivity contribution in [3.8, 4) is 5.75 Å². The van der Waals surface area contributed by atoms with Gasteiger partial charge in [0.1, 0.15) is 12.4 Å². The van der Waals surface area contributed by atoms with Crippen LogP contribution in [0.15, 0.2) is 66.2 Å². The normalized spacial score (nSPS) is 10.9. The SMILES string of the molecule is Cc1ncsc1C(=O)/C=C/c1cccc(OCc2ccccc2)c1. The number of allylic oxidation sites excluding steroid dienone is 1. The predicted octanol–water partition coefficient (Wildman–Crippen LogP) is 4.93. The summed E-state index contributed by atoms with van der Waals surface area (Å²) in [5, 5.41) is 0. The van der Waals surface area contributed by atoms with Crippen molar-refractivity contribution in [3.63, 3.8) is 0 Å². The molecule has 0 radical (unpaired) electrons. The molecule has 0 atom stereocenters. The van der Waals surface area contributed by atoms with E-state index < -0.39 is 0 Å². The number of rotatable bonds is 6. The van der Waals surface area contributed by atoms with Crippen molar-refractivity contribution >= 4 is 23.2 Å². The summed E-state index contributed by atoms with van der Waals surface area (Å²) >= 11 is 1.37. The van der Waals surface area contributed by atoms with Gasteiger partial charge in [0.25, 0.3) is 0 Å². The number of ketones is 1. The second kappa shape index (κ2) is 7.70. The number of nitrogens with zero attached hydrogens (tertiary/aromatic N) is 1. The van der Waals surface area contributed by atoms with Gasteiger partial charge < -0.3 is 4.74 Å². The molecule has 0 aliphatic carbocycles. The summed E-state index contributed by atoms with van der Waals surface area (Å²) in [7, 11) is 0. The Morgan fingerprint density at radius 3 is 2.75 bits per heavy atom. The molecule has 0 spiro atoms. The summed E-state index contributed by atoms with van der Waals surface area (Å²) in [6.45, 7) is 2.36. The van der Waals surface area contributed by atoms with Crippen LogP contribution in [0.4, 0.5) is 0 Å². The van der Waals surface area contributed by atoms with Gasteiger partial charge in [-0.2, -0.15) is 0 Å². The fourth-order valence-electron chi connectivity index (χ4n) is 2.23. The molecule has 1 aromatic heterocycles. The van der Waals surface area contributed by atoms with E-state index in [-0.39, 0.29) is 5.78 Å². The minimum absolute atomic E-state index is 0.0226. The Labute approximate surface area is 145 Å². The van der Waals surface area contributed by atoms with E-state index in [1.807, 2.05) is 61.5 Å². The molecule has 3 rings (SSSR count). The number of thiazole rings is 1. The molecule has 0 N–H and O–H groups in total. The smallest absolute Gasteiger partial charge is 0.197 e. The van der Waals surface area contributed by atoms with E-state index in [0.717, 1.165) is 22.6 Å². The van der Waals surface area contributed by atoms with E-state index in [1.54, 1.807) is 17.7 Å². The molecule has 0 amide bonds. The first-order chi connectivity index (χ1) is 11.7. The first-order valence-corrected chi connectivity index (χ1v) is 8.49. The van der Waals surface area contributed by atoms with E-state index >= 15 is 0 Å². The highest BCUT2D eigenvalue weighted by Gasteiger charge is 2.08. The van der Waals surface area contributed by atoms with Gasteiger partial charge in [-0.15, -0.1) is 11.3 Å². The van der Waals surface area contributed by atoms with Gasteiger partial charge in [-0.3, -0.25) is 4.79 Å². The number of carbonyl (C=O) groups excluding carboxylic acids is 1. The molecule has 0 saturated carbocycles. The third-order valence-corrected chi connectivity index (χ3v) is 4.45. The summed E-state index contributed by atoms with van der Waals surface area (Å²) < 4.78 is 5.80. The Balaban J connectivity index is 1.66. The highest BCUT2D eigenvalue weighted by atomic mass is 32.1. The average Bonchev–Trinajstić information content (AvgIpc) is 3.05. The van der Waals surface area contributed by atoms with Crippen LogP contribution in [0.1, 0.15) is 26.5 Å². The third kappa shape index (κ3) is 4.18. The predicted molar refractivity (Wildman–Crippen MR) is 97.4 cm³/mol. The quantitative estimate of drug-likeness (QED) is 0.474. The monoisotopic (exact) mass is 335 g/mol. The molecule has 0 aliphatic heterocycles. The van der Waals surface area contributed by atoms with Crippen LogP contribution in [-0.2, 0) is 6.61 Å². The molecule has 0 fully saturated rings. The topological polar surface area (TPSA) is 39.2 Å². The van der Waals surface area contributed by atoms with Crippen LogP contribution in [-0.4, -0.2) is 10.8 Å².